The Morgan fingerprint density at radius 2 is 2.03 bits per heavy atom. The average molecular weight is 499 g/mol. The molecule has 0 spiro atoms. The Hall–Kier alpha value is -3.01. The summed E-state index contributed by atoms with van der Waals surface area (Å²) < 4.78 is 21.8. The molecule has 1 saturated heterocycles. The van der Waals surface area contributed by atoms with Crippen molar-refractivity contribution in [1.82, 2.24) is 25.0 Å². The van der Waals surface area contributed by atoms with Crippen LogP contribution in [0.3, 0.4) is 0 Å². The number of halogens is 2. The lowest BCUT2D eigenvalue weighted by molar-refractivity contribution is 0.0312. The number of carbonyl (C=O) groups is 1. The number of methoxy groups -OCH3 is 1. The number of pyridine rings is 1. The number of hydrogen-bond acceptors (Lipinski definition) is 6. The van der Waals surface area contributed by atoms with Crippen LogP contribution in [0.1, 0.15) is 29.6 Å². The largest absolute Gasteiger partial charge is 0.378 e. The molecule has 3 heterocycles. The number of ether oxygens (including phenoxy) is 1. The van der Waals surface area contributed by atoms with Gasteiger partial charge in [-0.2, -0.15) is 5.10 Å². The summed E-state index contributed by atoms with van der Waals surface area (Å²) in [5.74, 6) is -1.07. The minimum absolute atomic E-state index is 0.0252. The van der Waals surface area contributed by atoms with Crippen molar-refractivity contribution >= 4 is 23.2 Å². The number of likely N-dealkylation sites (N-methyl/N-ethyl adjacent to an activating group) is 1. The molecule has 1 aliphatic carbocycles. The summed E-state index contributed by atoms with van der Waals surface area (Å²) in [4.78, 5) is 19.1. The monoisotopic (exact) mass is 498 g/mol. The van der Waals surface area contributed by atoms with Crippen molar-refractivity contribution in [2.24, 2.45) is 0 Å². The summed E-state index contributed by atoms with van der Waals surface area (Å²) in [6.45, 7) is 1.86. The highest BCUT2D eigenvalue weighted by Crippen LogP contribution is 2.31. The molecular formula is C25H28ClFN6O2. The second kappa shape index (κ2) is 9.93. The van der Waals surface area contributed by atoms with E-state index in [1.165, 1.54) is 12.1 Å². The van der Waals surface area contributed by atoms with Crippen molar-refractivity contribution in [3.63, 3.8) is 0 Å². The molecule has 35 heavy (non-hydrogen) atoms. The number of likely N-dealkylation sites (tertiary alicyclic amines) is 1. The molecule has 5 rings (SSSR count). The van der Waals surface area contributed by atoms with Crippen LogP contribution in [0.25, 0.3) is 16.8 Å². The zero-order chi connectivity index (χ0) is 24.5. The molecule has 2 N–H and O–H groups in total. The van der Waals surface area contributed by atoms with Crippen LogP contribution in [0.4, 0.5) is 10.1 Å². The molecule has 1 aliphatic heterocycles. The predicted molar refractivity (Wildman–Crippen MR) is 133 cm³/mol. The maximum absolute atomic E-state index is 14.5. The molecule has 0 radical (unpaired) electrons. The molecule has 2 aliphatic rings. The van der Waals surface area contributed by atoms with E-state index < -0.39 is 11.7 Å². The number of nitrogens with zero attached hydrogens (tertiary/aromatic N) is 4. The van der Waals surface area contributed by atoms with Gasteiger partial charge in [0.1, 0.15) is 5.82 Å². The van der Waals surface area contributed by atoms with Crippen LogP contribution in [-0.2, 0) is 4.74 Å². The molecule has 1 aromatic carbocycles. The first-order chi connectivity index (χ1) is 16.9. The fourth-order valence-electron chi connectivity index (χ4n) is 4.36. The number of aromatic nitrogens is 3. The maximum atomic E-state index is 14.5. The van der Waals surface area contributed by atoms with Crippen LogP contribution < -0.4 is 10.6 Å². The standard InChI is InChI=1S/C25H28ClFN6O2/c1-32-6-5-23(24(14-32)35-2)30-17-7-18(12-28-11-17)33-13-15(10-29-33)19-8-20(22(27)9-21(19)26)25(34)31-16-3-4-16/h7-13,16,23-24,30H,3-6,14H2,1-2H3,(H,31,34)/t23-,24+/m0/s1. The zero-order valence-corrected chi connectivity index (χ0v) is 20.4. The molecule has 184 valence electrons. The van der Waals surface area contributed by atoms with E-state index in [-0.39, 0.29) is 28.8 Å². The summed E-state index contributed by atoms with van der Waals surface area (Å²) in [7, 11) is 3.83. The van der Waals surface area contributed by atoms with Crippen molar-refractivity contribution < 1.29 is 13.9 Å². The van der Waals surface area contributed by atoms with Crippen LogP contribution in [-0.4, -0.2) is 71.0 Å². The SMILES string of the molecule is CO[C@@H]1CN(C)CC[C@@H]1Nc1cncc(-n2cc(-c3cc(C(=O)NC4CC4)c(F)cc3Cl)cn2)c1. The number of carbonyl (C=O) groups excluding carboxylic acids is 1. The molecular weight excluding hydrogens is 471 g/mol. The lowest BCUT2D eigenvalue weighted by atomic mass is 10.0. The van der Waals surface area contributed by atoms with Crippen molar-refractivity contribution in [3.8, 4) is 16.8 Å². The van der Waals surface area contributed by atoms with Crippen LogP contribution >= 0.6 is 11.6 Å². The molecule has 1 amide bonds. The van der Waals surface area contributed by atoms with E-state index in [0.29, 0.717) is 11.1 Å². The van der Waals surface area contributed by atoms with E-state index in [9.17, 15) is 9.18 Å². The third kappa shape index (κ3) is 5.32. The summed E-state index contributed by atoms with van der Waals surface area (Å²) in [6.07, 6.45) is 9.81. The molecule has 1 saturated carbocycles. The quantitative estimate of drug-likeness (QED) is 0.516. The predicted octanol–water partition coefficient (Wildman–Crippen LogP) is 3.75. The third-order valence-corrected chi connectivity index (χ3v) is 6.83. The average Bonchev–Trinajstić information content (AvgIpc) is 3.52. The number of hydrogen-bond donors (Lipinski definition) is 2. The van der Waals surface area contributed by atoms with Gasteiger partial charge >= 0.3 is 0 Å². The molecule has 0 bridgehead atoms. The van der Waals surface area contributed by atoms with E-state index in [1.54, 1.807) is 36.6 Å². The topological polar surface area (TPSA) is 84.3 Å². The van der Waals surface area contributed by atoms with Crippen LogP contribution in [0.2, 0.25) is 5.02 Å². The van der Waals surface area contributed by atoms with Gasteiger partial charge in [-0.15, -0.1) is 0 Å². The Bertz CT molecular complexity index is 1230. The number of benzene rings is 1. The lowest BCUT2D eigenvalue weighted by Crippen LogP contribution is -2.49. The van der Waals surface area contributed by atoms with Crippen LogP contribution in [0.15, 0.2) is 43.0 Å². The first kappa shape index (κ1) is 23.7. The number of nitrogens with one attached hydrogen (secondary N) is 2. The minimum atomic E-state index is -0.643. The third-order valence-electron chi connectivity index (χ3n) is 6.51. The van der Waals surface area contributed by atoms with Crippen molar-refractivity contribution in [2.75, 3.05) is 32.6 Å². The summed E-state index contributed by atoms with van der Waals surface area (Å²) in [6, 6.07) is 4.94. The lowest BCUT2D eigenvalue weighted by Gasteiger charge is -2.36. The highest BCUT2D eigenvalue weighted by molar-refractivity contribution is 6.33. The number of rotatable bonds is 7. The normalized spacial score (nSPS) is 20.6. The second-order valence-corrected chi connectivity index (χ2v) is 9.65. The van der Waals surface area contributed by atoms with Gasteiger partial charge < -0.3 is 20.3 Å². The molecule has 3 aromatic rings. The highest BCUT2D eigenvalue weighted by atomic mass is 35.5. The van der Waals surface area contributed by atoms with Gasteiger partial charge in [0.25, 0.3) is 5.91 Å². The van der Waals surface area contributed by atoms with Crippen molar-refractivity contribution in [1.29, 1.82) is 0 Å². The van der Waals surface area contributed by atoms with Gasteiger partial charge in [-0.1, -0.05) is 11.6 Å². The molecule has 2 atom stereocenters. The molecule has 0 unspecified atom stereocenters. The Morgan fingerprint density at radius 3 is 2.80 bits per heavy atom. The van der Waals surface area contributed by atoms with Gasteiger partial charge in [0.15, 0.2) is 0 Å². The van der Waals surface area contributed by atoms with Gasteiger partial charge in [-0.05, 0) is 51.1 Å². The van der Waals surface area contributed by atoms with Crippen LogP contribution in [0.5, 0.6) is 0 Å². The zero-order valence-electron chi connectivity index (χ0n) is 19.7. The maximum Gasteiger partial charge on any atom is 0.254 e. The Balaban J connectivity index is 1.37. The fourth-order valence-corrected chi connectivity index (χ4v) is 4.62. The van der Waals surface area contributed by atoms with Crippen molar-refractivity contribution in [2.45, 2.75) is 37.5 Å². The van der Waals surface area contributed by atoms with Gasteiger partial charge in [0.05, 0.1) is 52.7 Å². The number of amides is 1. The molecule has 8 nitrogen and oxygen atoms in total. The molecule has 2 fully saturated rings. The fraction of sp³-hybridized carbons (Fsp3) is 0.400. The van der Waals surface area contributed by atoms with E-state index in [1.807, 2.05) is 6.07 Å². The highest BCUT2D eigenvalue weighted by Gasteiger charge is 2.28. The summed E-state index contributed by atoms with van der Waals surface area (Å²) >= 11 is 6.34. The smallest absolute Gasteiger partial charge is 0.254 e. The Kier molecular flexibility index (Phi) is 6.73. The summed E-state index contributed by atoms with van der Waals surface area (Å²) in [5, 5.41) is 11.0. The minimum Gasteiger partial charge on any atom is -0.378 e. The first-order valence-electron chi connectivity index (χ1n) is 11.7. The molecule has 2 aromatic heterocycles. The van der Waals surface area contributed by atoms with Crippen molar-refractivity contribution in [3.05, 3.63) is 59.4 Å². The van der Waals surface area contributed by atoms with E-state index in [2.05, 4.69) is 32.7 Å². The van der Waals surface area contributed by atoms with Gasteiger partial charge in [0.2, 0.25) is 0 Å². The Morgan fingerprint density at radius 1 is 1.20 bits per heavy atom. The van der Waals surface area contributed by atoms with Crippen LogP contribution in [0, 0.1) is 5.82 Å². The molecule has 10 heteroatoms. The van der Waals surface area contributed by atoms with E-state index in [0.717, 1.165) is 43.7 Å². The first-order valence-corrected chi connectivity index (χ1v) is 12.1. The van der Waals surface area contributed by atoms with Gasteiger partial charge in [-0.3, -0.25) is 9.78 Å². The van der Waals surface area contributed by atoms with Gasteiger partial charge in [0, 0.05) is 37.0 Å². The second-order valence-electron chi connectivity index (χ2n) is 9.24. The van der Waals surface area contributed by atoms with E-state index in [4.69, 9.17) is 16.3 Å². The number of piperidine rings is 1. The van der Waals surface area contributed by atoms with Gasteiger partial charge in [-0.25, -0.2) is 9.07 Å². The van der Waals surface area contributed by atoms with E-state index >= 15 is 0 Å². The Labute approximate surface area is 208 Å². The number of anilines is 1. The summed E-state index contributed by atoms with van der Waals surface area (Å²) in [5.41, 5.74) is 2.81.